The maximum Gasteiger partial charge on any atom is 0.198 e. The van der Waals surface area contributed by atoms with E-state index in [1.54, 1.807) is 0 Å². The lowest BCUT2D eigenvalue weighted by molar-refractivity contribution is -0.0352. The minimum absolute atomic E-state index is 0.158. The number of hydrogen-bond donors (Lipinski definition) is 1. The van der Waals surface area contributed by atoms with Crippen LogP contribution in [-0.2, 0) is 0 Å². The van der Waals surface area contributed by atoms with Crippen LogP contribution in [-0.4, -0.2) is 11.4 Å². The van der Waals surface area contributed by atoms with E-state index < -0.39 is 6.29 Å². The highest BCUT2D eigenvalue weighted by Gasteiger charge is 2.24. The fraction of sp³-hybridized carbons (Fsp3) is 0.176. The van der Waals surface area contributed by atoms with Crippen molar-refractivity contribution in [2.75, 3.05) is 0 Å². The summed E-state index contributed by atoms with van der Waals surface area (Å²) in [7, 11) is 0. The standard InChI is InChI=1S/C17H15ClO2/c18-14-9-6-12(7-10-14)5-8-13-11-17(19)20-16-4-2-1-3-15(13)16/h1-10,13,17,19H,11H2/t13?,17-/m1/s1. The molecular formula is C17H15ClO2. The highest BCUT2D eigenvalue weighted by Crippen LogP contribution is 2.36. The fourth-order valence-corrected chi connectivity index (χ4v) is 2.54. The zero-order chi connectivity index (χ0) is 13.9. The molecule has 0 saturated heterocycles. The van der Waals surface area contributed by atoms with Crippen molar-refractivity contribution in [3.8, 4) is 5.75 Å². The number of halogens is 1. The molecule has 1 N–H and O–H groups in total. The maximum atomic E-state index is 9.79. The second kappa shape index (κ2) is 5.70. The molecule has 0 aromatic heterocycles. The van der Waals surface area contributed by atoms with Crippen LogP contribution in [0.15, 0.2) is 54.6 Å². The Balaban J connectivity index is 1.85. The Morgan fingerprint density at radius 1 is 1.10 bits per heavy atom. The van der Waals surface area contributed by atoms with Crippen molar-refractivity contribution in [3.05, 3.63) is 70.8 Å². The first kappa shape index (κ1) is 13.2. The van der Waals surface area contributed by atoms with Crippen LogP contribution in [0.5, 0.6) is 5.75 Å². The summed E-state index contributed by atoms with van der Waals surface area (Å²) in [5.41, 5.74) is 2.20. The van der Waals surface area contributed by atoms with E-state index in [2.05, 4.69) is 12.2 Å². The molecule has 0 saturated carbocycles. The van der Waals surface area contributed by atoms with Gasteiger partial charge < -0.3 is 9.84 Å². The van der Waals surface area contributed by atoms with Gasteiger partial charge in [-0.1, -0.05) is 54.1 Å². The van der Waals surface area contributed by atoms with Crippen LogP contribution in [0.25, 0.3) is 6.08 Å². The second-order valence-electron chi connectivity index (χ2n) is 4.86. The van der Waals surface area contributed by atoms with Crippen LogP contribution in [0.4, 0.5) is 0 Å². The van der Waals surface area contributed by atoms with E-state index in [0.717, 1.165) is 21.9 Å². The van der Waals surface area contributed by atoms with Gasteiger partial charge in [0.1, 0.15) is 5.75 Å². The SMILES string of the molecule is O[C@H]1CC(C=Cc2ccc(Cl)cc2)c2ccccc2O1. The molecule has 2 aromatic carbocycles. The number of benzene rings is 2. The molecule has 0 fully saturated rings. The highest BCUT2D eigenvalue weighted by molar-refractivity contribution is 6.30. The van der Waals surface area contributed by atoms with Crippen LogP contribution < -0.4 is 4.74 Å². The third-order valence-electron chi connectivity index (χ3n) is 3.43. The van der Waals surface area contributed by atoms with Crippen LogP contribution in [0, 0.1) is 0 Å². The Labute approximate surface area is 123 Å². The molecule has 0 bridgehead atoms. The van der Waals surface area contributed by atoms with Gasteiger partial charge in [-0.15, -0.1) is 0 Å². The molecule has 0 amide bonds. The minimum Gasteiger partial charge on any atom is -0.465 e. The molecule has 3 rings (SSSR count). The van der Waals surface area contributed by atoms with Gasteiger partial charge in [0.25, 0.3) is 0 Å². The third kappa shape index (κ3) is 2.87. The Morgan fingerprint density at radius 2 is 1.85 bits per heavy atom. The number of aliphatic hydroxyl groups is 1. The van der Waals surface area contributed by atoms with Gasteiger partial charge in [0.15, 0.2) is 6.29 Å². The van der Waals surface area contributed by atoms with E-state index in [-0.39, 0.29) is 5.92 Å². The molecule has 102 valence electrons. The van der Waals surface area contributed by atoms with Crippen LogP contribution in [0.3, 0.4) is 0 Å². The summed E-state index contributed by atoms with van der Waals surface area (Å²) < 4.78 is 5.43. The summed E-state index contributed by atoms with van der Waals surface area (Å²) in [6.07, 6.45) is 3.98. The lowest BCUT2D eigenvalue weighted by atomic mass is 9.91. The molecule has 1 aliphatic heterocycles. The molecule has 1 heterocycles. The average Bonchev–Trinajstić information content (AvgIpc) is 2.46. The zero-order valence-corrected chi connectivity index (χ0v) is 11.6. The monoisotopic (exact) mass is 286 g/mol. The lowest BCUT2D eigenvalue weighted by Crippen LogP contribution is -2.24. The minimum atomic E-state index is -0.746. The molecular weight excluding hydrogens is 272 g/mol. The first-order valence-corrected chi connectivity index (χ1v) is 6.97. The quantitative estimate of drug-likeness (QED) is 0.895. The first-order chi connectivity index (χ1) is 9.72. The summed E-state index contributed by atoms with van der Waals surface area (Å²) in [6.45, 7) is 0. The fourth-order valence-electron chi connectivity index (χ4n) is 2.42. The van der Waals surface area contributed by atoms with Crippen LogP contribution >= 0.6 is 11.6 Å². The molecule has 2 nitrogen and oxygen atoms in total. The molecule has 0 aliphatic carbocycles. The Bertz CT molecular complexity index is 619. The molecule has 1 aliphatic rings. The summed E-state index contributed by atoms with van der Waals surface area (Å²) in [6, 6.07) is 15.5. The van der Waals surface area contributed by atoms with Gasteiger partial charge in [-0.25, -0.2) is 0 Å². The Kier molecular flexibility index (Phi) is 3.77. The number of ether oxygens (including phenoxy) is 1. The molecule has 0 radical (unpaired) electrons. The lowest BCUT2D eigenvalue weighted by Gasteiger charge is -2.27. The summed E-state index contributed by atoms with van der Waals surface area (Å²) in [5.74, 6) is 0.919. The van der Waals surface area contributed by atoms with Gasteiger partial charge >= 0.3 is 0 Å². The van der Waals surface area contributed by atoms with Crippen LogP contribution in [0.1, 0.15) is 23.5 Å². The zero-order valence-electron chi connectivity index (χ0n) is 10.9. The molecule has 20 heavy (non-hydrogen) atoms. The van der Waals surface area contributed by atoms with Crippen molar-refractivity contribution in [3.63, 3.8) is 0 Å². The first-order valence-electron chi connectivity index (χ1n) is 6.60. The van der Waals surface area contributed by atoms with Gasteiger partial charge in [-0.3, -0.25) is 0 Å². The second-order valence-corrected chi connectivity index (χ2v) is 5.30. The largest absolute Gasteiger partial charge is 0.465 e. The number of allylic oxidation sites excluding steroid dienone is 1. The molecule has 0 spiro atoms. The van der Waals surface area contributed by atoms with E-state index >= 15 is 0 Å². The van der Waals surface area contributed by atoms with E-state index in [0.29, 0.717) is 6.42 Å². The van der Waals surface area contributed by atoms with E-state index in [1.807, 2.05) is 48.5 Å². The number of aliphatic hydroxyl groups excluding tert-OH is 1. The summed E-state index contributed by atoms with van der Waals surface area (Å²) in [5, 5.41) is 10.5. The van der Waals surface area contributed by atoms with E-state index in [4.69, 9.17) is 16.3 Å². The maximum absolute atomic E-state index is 9.79. The van der Waals surface area contributed by atoms with Crippen molar-refractivity contribution < 1.29 is 9.84 Å². The van der Waals surface area contributed by atoms with E-state index in [9.17, 15) is 5.11 Å². The predicted octanol–water partition coefficient (Wildman–Crippen LogP) is 4.24. The van der Waals surface area contributed by atoms with Gasteiger partial charge in [0.05, 0.1) is 0 Å². The normalized spacial score (nSPS) is 21.5. The van der Waals surface area contributed by atoms with Gasteiger partial charge in [-0.05, 0) is 23.8 Å². The predicted molar refractivity (Wildman–Crippen MR) is 80.9 cm³/mol. The number of fused-ring (bicyclic) bond motifs is 1. The summed E-state index contributed by atoms with van der Waals surface area (Å²) >= 11 is 5.87. The van der Waals surface area contributed by atoms with E-state index in [1.165, 1.54) is 0 Å². The number of para-hydroxylation sites is 1. The van der Waals surface area contributed by atoms with Crippen molar-refractivity contribution in [1.82, 2.24) is 0 Å². The topological polar surface area (TPSA) is 29.5 Å². The number of hydrogen-bond acceptors (Lipinski definition) is 2. The third-order valence-corrected chi connectivity index (χ3v) is 3.68. The molecule has 3 heteroatoms. The average molecular weight is 287 g/mol. The number of rotatable bonds is 2. The molecule has 2 atom stereocenters. The van der Waals surface area contributed by atoms with Crippen molar-refractivity contribution in [2.45, 2.75) is 18.6 Å². The van der Waals surface area contributed by atoms with Gasteiger partial charge in [0, 0.05) is 22.9 Å². The van der Waals surface area contributed by atoms with Crippen molar-refractivity contribution >= 4 is 17.7 Å². The summed E-state index contributed by atoms with van der Waals surface area (Å²) in [4.78, 5) is 0. The Morgan fingerprint density at radius 3 is 2.65 bits per heavy atom. The molecule has 2 aromatic rings. The van der Waals surface area contributed by atoms with Gasteiger partial charge in [0.2, 0.25) is 0 Å². The van der Waals surface area contributed by atoms with Crippen LogP contribution in [0.2, 0.25) is 5.02 Å². The Hall–Kier alpha value is -1.77. The van der Waals surface area contributed by atoms with Crippen molar-refractivity contribution in [2.24, 2.45) is 0 Å². The van der Waals surface area contributed by atoms with Crippen molar-refractivity contribution in [1.29, 1.82) is 0 Å². The highest BCUT2D eigenvalue weighted by atomic mass is 35.5. The smallest absolute Gasteiger partial charge is 0.198 e. The van der Waals surface area contributed by atoms with Gasteiger partial charge in [-0.2, -0.15) is 0 Å². The molecule has 1 unspecified atom stereocenters.